The van der Waals surface area contributed by atoms with Crippen LogP contribution in [0.5, 0.6) is 0 Å². The van der Waals surface area contributed by atoms with E-state index in [9.17, 15) is 14.4 Å². The van der Waals surface area contributed by atoms with Crippen LogP contribution < -0.4 is 5.32 Å². The molecule has 0 bridgehead atoms. The van der Waals surface area contributed by atoms with Gasteiger partial charge in [-0.3, -0.25) is 14.8 Å². The van der Waals surface area contributed by atoms with E-state index in [4.69, 9.17) is 4.74 Å². The first-order valence-corrected chi connectivity index (χ1v) is 8.07. The maximum atomic E-state index is 12.7. The summed E-state index contributed by atoms with van der Waals surface area (Å²) in [7, 11) is 0. The number of amides is 3. The van der Waals surface area contributed by atoms with E-state index in [1.807, 2.05) is 0 Å². The van der Waals surface area contributed by atoms with E-state index >= 15 is 0 Å². The van der Waals surface area contributed by atoms with Crippen molar-refractivity contribution in [1.29, 1.82) is 0 Å². The first-order chi connectivity index (χ1) is 11.4. The van der Waals surface area contributed by atoms with Crippen LogP contribution in [-0.2, 0) is 14.3 Å². The van der Waals surface area contributed by atoms with Crippen molar-refractivity contribution in [2.75, 3.05) is 0 Å². The maximum Gasteiger partial charge on any atom is 0.329 e. The molecule has 1 spiro atoms. The standard InChI is InChI=1S/C16H20N4O4/c1-10(13(21)24-11(2)12-9-17-7-8-18-12)20-14(22)16(19-15(20)23)5-3-4-6-16/h7-11H,3-6H2,1-2H3,(H,19,23)/t10-,11-/m1/s1. The molecule has 0 aromatic carbocycles. The van der Waals surface area contributed by atoms with Crippen molar-refractivity contribution < 1.29 is 19.1 Å². The highest BCUT2D eigenvalue weighted by Gasteiger charge is 2.54. The summed E-state index contributed by atoms with van der Waals surface area (Å²) in [6.07, 6.45) is 6.93. The van der Waals surface area contributed by atoms with Gasteiger partial charge in [-0.25, -0.2) is 14.5 Å². The lowest BCUT2D eigenvalue weighted by Crippen LogP contribution is -2.47. The van der Waals surface area contributed by atoms with Crippen LogP contribution in [0.25, 0.3) is 0 Å². The van der Waals surface area contributed by atoms with E-state index in [2.05, 4.69) is 15.3 Å². The second kappa shape index (κ2) is 6.18. The number of nitrogens with zero attached hydrogens (tertiary/aromatic N) is 3. The first-order valence-electron chi connectivity index (χ1n) is 8.07. The largest absolute Gasteiger partial charge is 0.455 e. The third kappa shape index (κ3) is 2.72. The number of rotatable bonds is 4. The molecule has 2 fully saturated rings. The van der Waals surface area contributed by atoms with Crippen LogP contribution in [0.15, 0.2) is 18.6 Å². The van der Waals surface area contributed by atoms with Gasteiger partial charge < -0.3 is 10.1 Å². The lowest BCUT2D eigenvalue weighted by molar-refractivity contribution is -0.156. The molecule has 8 heteroatoms. The molecule has 2 atom stereocenters. The van der Waals surface area contributed by atoms with Crippen LogP contribution in [0.4, 0.5) is 4.79 Å². The van der Waals surface area contributed by atoms with E-state index in [0.717, 1.165) is 17.7 Å². The zero-order valence-corrected chi connectivity index (χ0v) is 13.7. The molecule has 0 radical (unpaired) electrons. The maximum absolute atomic E-state index is 12.7. The van der Waals surface area contributed by atoms with Crippen molar-refractivity contribution >= 4 is 17.9 Å². The summed E-state index contributed by atoms with van der Waals surface area (Å²) in [5, 5.41) is 2.76. The van der Waals surface area contributed by atoms with Crippen molar-refractivity contribution in [3.8, 4) is 0 Å². The van der Waals surface area contributed by atoms with Gasteiger partial charge in [0.2, 0.25) is 0 Å². The summed E-state index contributed by atoms with van der Waals surface area (Å²) in [6, 6.07) is -1.52. The van der Waals surface area contributed by atoms with E-state index in [1.54, 1.807) is 6.92 Å². The highest BCUT2D eigenvalue weighted by molar-refractivity contribution is 6.09. The molecule has 2 heterocycles. The predicted molar refractivity (Wildman–Crippen MR) is 82.6 cm³/mol. The van der Waals surface area contributed by atoms with Gasteiger partial charge in [0.1, 0.15) is 17.7 Å². The summed E-state index contributed by atoms with van der Waals surface area (Å²) in [5.74, 6) is -0.978. The van der Waals surface area contributed by atoms with Crippen molar-refractivity contribution in [2.45, 2.75) is 57.2 Å². The number of hydrogen-bond donors (Lipinski definition) is 1. The molecule has 1 aromatic heterocycles. The zero-order valence-electron chi connectivity index (χ0n) is 13.7. The Morgan fingerprint density at radius 1 is 1.29 bits per heavy atom. The zero-order chi connectivity index (χ0) is 17.3. The van der Waals surface area contributed by atoms with Crippen LogP contribution in [-0.4, -0.2) is 44.4 Å². The highest BCUT2D eigenvalue weighted by atomic mass is 16.5. The Morgan fingerprint density at radius 3 is 2.62 bits per heavy atom. The van der Waals surface area contributed by atoms with Crippen LogP contribution in [0.1, 0.15) is 51.3 Å². The van der Waals surface area contributed by atoms with Gasteiger partial charge in [-0.1, -0.05) is 12.8 Å². The molecule has 3 rings (SSSR count). The minimum atomic E-state index is -0.989. The predicted octanol–water partition coefficient (Wildman–Crippen LogP) is 1.33. The molecule has 1 saturated heterocycles. The summed E-state index contributed by atoms with van der Waals surface area (Å²) in [6.45, 7) is 3.16. The average molecular weight is 332 g/mol. The molecule has 24 heavy (non-hydrogen) atoms. The second-order valence-electron chi connectivity index (χ2n) is 6.28. The van der Waals surface area contributed by atoms with Gasteiger partial charge in [0.25, 0.3) is 5.91 Å². The summed E-state index contributed by atoms with van der Waals surface area (Å²) < 4.78 is 5.34. The quantitative estimate of drug-likeness (QED) is 0.659. The second-order valence-corrected chi connectivity index (χ2v) is 6.28. The Morgan fingerprint density at radius 2 is 2.00 bits per heavy atom. The third-order valence-corrected chi connectivity index (χ3v) is 4.67. The van der Waals surface area contributed by atoms with E-state index in [-0.39, 0.29) is 5.91 Å². The number of carbonyl (C=O) groups is 3. The first kappa shape index (κ1) is 16.4. The fraction of sp³-hybridized carbons (Fsp3) is 0.562. The highest BCUT2D eigenvalue weighted by Crippen LogP contribution is 2.36. The van der Waals surface area contributed by atoms with E-state index in [1.165, 1.54) is 25.5 Å². The molecule has 1 aliphatic carbocycles. The molecule has 3 amide bonds. The number of hydrogen-bond acceptors (Lipinski definition) is 6. The number of urea groups is 1. The van der Waals surface area contributed by atoms with E-state index in [0.29, 0.717) is 18.5 Å². The smallest absolute Gasteiger partial charge is 0.329 e. The number of esters is 1. The lowest BCUT2D eigenvalue weighted by Gasteiger charge is -2.24. The fourth-order valence-electron chi connectivity index (χ4n) is 3.27. The summed E-state index contributed by atoms with van der Waals surface area (Å²) in [5.41, 5.74) is -0.329. The number of imide groups is 1. The van der Waals surface area contributed by atoms with Gasteiger partial charge in [-0.05, 0) is 26.7 Å². The minimum absolute atomic E-state index is 0.332. The van der Waals surface area contributed by atoms with Gasteiger partial charge in [-0.2, -0.15) is 0 Å². The Labute approximate surface area is 139 Å². The number of nitrogens with one attached hydrogen (secondary N) is 1. The molecule has 128 valence electrons. The van der Waals surface area contributed by atoms with Crippen LogP contribution in [0, 0.1) is 0 Å². The Bertz CT molecular complexity index is 657. The number of carbonyl (C=O) groups excluding carboxylic acids is 3. The molecule has 8 nitrogen and oxygen atoms in total. The molecule has 1 N–H and O–H groups in total. The molecule has 1 aromatic rings. The Hall–Kier alpha value is -2.51. The molecule has 0 unspecified atom stereocenters. The molecular weight excluding hydrogens is 312 g/mol. The van der Waals surface area contributed by atoms with Crippen LogP contribution >= 0.6 is 0 Å². The van der Waals surface area contributed by atoms with Crippen molar-refractivity contribution in [2.24, 2.45) is 0 Å². The fourth-order valence-corrected chi connectivity index (χ4v) is 3.27. The van der Waals surface area contributed by atoms with Gasteiger partial charge >= 0.3 is 12.0 Å². The summed E-state index contributed by atoms with van der Waals surface area (Å²) >= 11 is 0. The van der Waals surface area contributed by atoms with Gasteiger partial charge in [0.05, 0.1) is 11.9 Å². The number of ether oxygens (including phenoxy) is 1. The van der Waals surface area contributed by atoms with Crippen LogP contribution in [0.2, 0.25) is 0 Å². The topological polar surface area (TPSA) is 101 Å². The van der Waals surface area contributed by atoms with Crippen molar-refractivity contribution in [3.05, 3.63) is 24.3 Å². The monoisotopic (exact) mass is 332 g/mol. The average Bonchev–Trinajstić information content (AvgIpc) is 3.13. The Balaban J connectivity index is 1.69. The summed E-state index contributed by atoms with van der Waals surface area (Å²) in [4.78, 5) is 46.2. The van der Waals surface area contributed by atoms with Crippen LogP contribution in [0.3, 0.4) is 0 Å². The van der Waals surface area contributed by atoms with Crippen molar-refractivity contribution in [3.63, 3.8) is 0 Å². The van der Waals surface area contributed by atoms with Gasteiger partial charge in [0, 0.05) is 12.4 Å². The minimum Gasteiger partial charge on any atom is -0.455 e. The van der Waals surface area contributed by atoms with Gasteiger partial charge in [-0.15, -0.1) is 0 Å². The van der Waals surface area contributed by atoms with Gasteiger partial charge in [0.15, 0.2) is 0 Å². The SMILES string of the molecule is C[C@H](C(=O)O[C@H](C)c1cnccn1)N1C(=O)NC2(CCCC2)C1=O. The number of aromatic nitrogens is 2. The Kier molecular flexibility index (Phi) is 4.21. The molecule has 1 aliphatic heterocycles. The third-order valence-electron chi connectivity index (χ3n) is 4.67. The van der Waals surface area contributed by atoms with E-state index < -0.39 is 29.7 Å². The molecule has 1 saturated carbocycles. The van der Waals surface area contributed by atoms with Crippen molar-refractivity contribution in [1.82, 2.24) is 20.2 Å². The molecule has 2 aliphatic rings. The normalized spacial score (nSPS) is 21.7. The lowest BCUT2D eigenvalue weighted by atomic mass is 9.98. The molecular formula is C16H20N4O4.